The van der Waals surface area contributed by atoms with E-state index in [1.165, 1.54) is 0 Å². The lowest BCUT2D eigenvalue weighted by Gasteiger charge is -2.24. The van der Waals surface area contributed by atoms with Gasteiger partial charge in [-0.25, -0.2) is 13.1 Å². The fourth-order valence-corrected chi connectivity index (χ4v) is 3.09. The summed E-state index contributed by atoms with van der Waals surface area (Å²) in [5, 5.41) is 0. The molecule has 0 amide bonds. The van der Waals surface area contributed by atoms with E-state index in [2.05, 4.69) is 4.72 Å². The average Bonchev–Trinajstić information content (AvgIpc) is 2.28. The molecule has 102 valence electrons. The Morgan fingerprint density at radius 1 is 1.39 bits per heavy atom. The molecular weight excluding hydrogens is 250 g/mol. The zero-order chi connectivity index (χ0) is 13.8. The quantitative estimate of drug-likeness (QED) is 0.801. The second-order valence-corrected chi connectivity index (χ2v) is 6.06. The Labute approximate surface area is 109 Å². The van der Waals surface area contributed by atoms with Crippen molar-refractivity contribution in [3.05, 3.63) is 24.3 Å². The van der Waals surface area contributed by atoms with E-state index in [1.807, 2.05) is 24.9 Å². The van der Waals surface area contributed by atoms with E-state index < -0.39 is 10.0 Å². The predicted octanol–water partition coefficient (Wildman–Crippen LogP) is 0.768. The topological polar surface area (TPSA) is 75.4 Å². The summed E-state index contributed by atoms with van der Waals surface area (Å²) < 4.78 is 26.6. The Kier molecular flexibility index (Phi) is 5.13. The van der Waals surface area contributed by atoms with Crippen LogP contribution in [-0.2, 0) is 10.0 Å². The first-order chi connectivity index (χ1) is 8.38. The monoisotopic (exact) mass is 271 g/mol. The Hall–Kier alpha value is -1.11. The summed E-state index contributed by atoms with van der Waals surface area (Å²) in [4.78, 5) is 2.14. The van der Waals surface area contributed by atoms with Crippen LogP contribution < -0.4 is 15.4 Å². The third-order valence-corrected chi connectivity index (χ3v) is 4.06. The lowest BCUT2D eigenvalue weighted by molar-refractivity contribution is 0.583. The van der Waals surface area contributed by atoms with Gasteiger partial charge in [0.2, 0.25) is 10.0 Å². The lowest BCUT2D eigenvalue weighted by Crippen LogP contribution is -2.34. The van der Waals surface area contributed by atoms with Crippen molar-refractivity contribution >= 4 is 15.7 Å². The van der Waals surface area contributed by atoms with E-state index in [-0.39, 0.29) is 10.9 Å². The first-order valence-electron chi connectivity index (χ1n) is 5.94. The van der Waals surface area contributed by atoms with Crippen LogP contribution >= 0.6 is 0 Å². The fraction of sp³-hybridized carbons (Fsp3) is 0.500. The molecule has 0 bridgehead atoms. The highest BCUT2D eigenvalue weighted by Gasteiger charge is 2.19. The van der Waals surface area contributed by atoms with Gasteiger partial charge in [-0.3, -0.25) is 0 Å². The first-order valence-corrected chi connectivity index (χ1v) is 7.42. The molecule has 0 heterocycles. The summed E-state index contributed by atoms with van der Waals surface area (Å²) in [6, 6.07) is 6.90. The summed E-state index contributed by atoms with van der Waals surface area (Å²) >= 11 is 0. The smallest absolute Gasteiger partial charge is 0.242 e. The van der Waals surface area contributed by atoms with Gasteiger partial charge in [-0.1, -0.05) is 19.1 Å². The molecule has 1 aromatic carbocycles. The number of rotatable bonds is 6. The van der Waals surface area contributed by atoms with Crippen molar-refractivity contribution in [2.24, 2.45) is 5.73 Å². The standard InChI is InChI=1S/C12H21N3O2S/c1-4-14-18(16,17)12-8-6-5-7-11(12)15(3)9-10(2)13/h5-8,10,14H,4,9,13H2,1-3H3. The highest BCUT2D eigenvalue weighted by atomic mass is 32.2. The largest absolute Gasteiger partial charge is 0.372 e. The Bertz CT molecular complexity index is 486. The summed E-state index contributed by atoms with van der Waals surface area (Å²) in [7, 11) is -1.62. The van der Waals surface area contributed by atoms with Crippen molar-refractivity contribution in [1.29, 1.82) is 0 Å². The van der Waals surface area contributed by atoms with Gasteiger partial charge in [-0.05, 0) is 19.1 Å². The number of hydrogen-bond donors (Lipinski definition) is 2. The third-order valence-electron chi connectivity index (χ3n) is 2.46. The maximum absolute atomic E-state index is 12.1. The van der Waals surface area contributed by atoms with Gasteiger partial charge in [0.15, 0.2) is 0 Å². The molecule has 0 fully saturated rings. The maximum atomic E-state index is 12.1. The van der Waals surface area contributed by atoms with Crippen molar-refractivity contribution in [2.45, 2.75) is 24.8 Å². The molecule has 0 radical (unpaired) electrons. The number of nitrogens with two attached hydrogens (primary N) is 1. The van der Waals surface area contributed by atoms with E-state index in [0.717, 1.165) is 0 Å². The van der Waals surface area contributed by atoms with Gasteiger partial charge in [0, 0.05) is 26.2 Å². The minimum absolute atomic E-state index is 0.0232. The van der Waals surface area contributed by atoms with Gasteiger partial charge < -0.3 is 10.6 Å². The van der Waals surface area contributed by atoms with Gasteiger partial charge in [0.25, 0.3) is 0 Å². The Balaban J connectivity index is 3.14. The summed E-state index contributed by atoms with van der Waals surface area (Å²) in [6.45, 7) is 4.61. The molecule has 6 heteroatoms. The van der Waals surface area contributed by atoms with Crippen molar-refractivity contribution in [3.63, 3.8) is 0 Å². The minimum atomic E-state index is -3.45. The molecule has 0 aliphatic carbocycles. The number of sulfonamides is 1. The highest BCUT2D eigenvalue weighted by Crippen LogP contribution is 2.23. The maximum Gasteiger partial charge on any atom is 0.242 e. The van der Waals surface area contributed by atoms with Gasteiger partial charge in [0.05, 0.1) is 5.69 Å². The van der Waals surface area contributed by atoms with Gasteiger partial charge in [-0.2, -0.15) is 0 Å². The predicted molar refractivity (Wildman–Crippen MR) is 74.2 cm³/mol. The van der Waals surface area contributed by atoms with E-state index in [4.69, 9.17) is 5.73 Å². The summed E-state index contributed by atoms with van der Waals surface area (Å²) in [5.74, 6) is 0. The molecule has 1 atom stereocenters. The van der Waals surface area contributed by atoms with Crippen molar-refractivity contribution < 1.29 is 8.42 Å². The minimum Gasteiger partial charge on any atom is -0.372 e. The van der Waals surface area contributed by atoms with Gasteiger partial charge >= 0.3 is 0 Å². The van der Waals surface area contributed by atoms with Crippen LogP contribution in [0.4, 0.5) is 5.69 Å². The number of hydrogen-bond acceptors (Lipinski definition) is 4. The van der Waals surface area contributed by atoms with E-state index >= 15 is 0 Å². The molecule has 1 unspecified atom stereocenters. The number of nitrogens with zero attached hydrogens (tertiary/aromatic N) is 1. The average molecular weight is 271 g/mol. The SMILES string of the molecule is CCNS(=O)(=O)c1ccccc1N(C)CC(C)N. The molecule has 0 saturated heterocycles. The van der Waals surface area contributed by atoms with Crippen LogP contribution in [-0.4, -0.2) is 34.6 Å². The van der Waals surface area contributed by atoms with Crippen LogP contribution in [0.15, 0.2) is 29.2 Å². The fourth-order valence-electron chi connectivity index (χ4n) is 1.80. The number of likely N-dealkylation sites (N-methyl/N-ethyl adjacent to an activating group) is 1. The number of para-hydroxylation sites is 1. The molecular formula is C12H21N3O2S. The Morgan fingerprint density at radius 2 is 2.00 bits per heavy atom. The van der Waals surface area contributed by atoms with E-state index in [0.29, 0.717) is 18.8 Å². The molecule has 3 N–H and O–H groups in total. The van der Waals surface area contributed by atoms with Crippen LogP contribution in [0.2, 0.25) is 0 Å². The van der Waals surface area contributed by atoms with Gasteiger partial charge in [-0.15, -0.1) is 0 Å². The molecule has 0 saturated carbocycles. The molecule has 0 aliphatic rings. The summed E-state index contributed by atoms with van der Waals surface area (Å²) in [5.41, 5.74) is 6.40. The highest BCUT2D eigenvalue weighted by molar-refractivity contribution is 7.89. The molecule has 0 aromatic heterocycles. The van der Waals surface area contributed by atoms with E-state index in [9.17, 15) is 8.42 Å². The van der Waals surface area contributed by atoms with Crippen molar-refractivity contribution in [3.8, 4) is 0 Å². The van der Waals surface area contributed by atoms with Gasteiger partial charge in [0.1, 0.15) is 4.90 Å². The third kappa shape index (κ3) is 3.69. The second kappa shape index (κ2) is 6.17. The van der Waals surface area contributed by atoms with E-state index in [1.54, 1.807) is 25.1 Å². The zero-order valence-electron chi connectivity index (χ0n) is 11.1. The molecule has 5 nitrogen and oxygen atoms in total. The lowest BCUT2D eigenvalue weighted by atomic mass is 10.2. The number of benzene rings is 1. The normalized spacial score (nSPS) is 13.3. The van der Waals surface area contributed by atoms with Crippen LogP contribution in [0.5, 0.6) is 0 Å². The number of anilines is 1. The van der Waals surface area contributed by atoms with Crippen LogP contribution in [0, 0.1) is 0 Å². The second-order valence-electron chi connectivity index (χ2n) is 4.33. The van der Waals surface area contributed by atoms with Crippen LogP contribution in [0.3, 0.4) is 0 Å². The molecule has 0 aliphatic heterocycles. The molecule has 18 heavy (non-hydrogen) atoms. The van der Waals surface area contributed by atoms with Crippen LogP contribution in [0.1, 0.15) is 13.8 Å². The van der Waals surface area contributed by atoms with Crippen molar-refractivity contribution in [2.75, 3.05) is 25.0 Å². The number of nitrogens with one attached hydrogen (secondary N) is 1. The first kappa shape index (κ1) is 14.9. The Morgan fingerprint density at radius 3 is 2.56 bits per heavy atom. The molecule has 0 spiro atoms. The molecule has 1 aromatic rings. The zero-order valence-corrected chi connectivity index (χ0v) is 11.9. The van der Waals surface area contributed by atoms with Crippen LogP contribution in [0.25, 0.3) is 0 Å². The van der Waals surface area contributed by atoms with Crippen molar-refractivity contribution in [1.82, 2.24) is 4.72 Å². The summed E-state index contributed by atoms with van der Waals surface area (Å²) in [6.07, 6.45) is 0. The molecule has 1 rings (SSSR count).